The molecule has 0 radical (unpaired) electrons. The number of esters is 1. The van der Waals surface area contributed by atoms with E-state index in [0.29, 0.717) is 11.0 Å². The van der Waals surface area contributed by atoms with Crippen LogP contribution in [0.15, 0.2) is 36.4 Å². The van der Waals surface area contributed by atoms with Crippen LogP contribution in [0.3, 0.4) is 0 Å². The van der Waals surface area contributed by atoms with Gasteiger partial charge in [-0.05, 0) is 12.1 Å². The standard InChI is InChI=1S/C21H21F2N3O7S/c1-31-16-8-12(20(28)32-2)14(9-17(16)33-21(22)23)25-19(27)10-26-15-7-5-4-6-13(15)24-18(26)11-34(3,29)30/h4-9,21H,10-11H2,1-3H3,(H,25,27). The van der Waals surface area contributed by atoms with Gasteiger partial charge < -0.3 is 24.1 Å². The molecule has 182 valence electrons. The lowest BCUT2D eigenvalue weighted by Gasteiger charge is -2.16. The van der Waals surface area contributed by atoms with Gasteiger partial charge >= 0.3 is 12.6 Å². The van der Waals surface area contributed by atoms with Crippen LogP contribution < -0.4 is 14.8 Å². The van der Waals surface area contributed by atoms with E-state index in [0.717, 1.165) is 25.5 Å². The normalized spacial score (nSPS) is 11.5. The van der Waals surface area contributed by atoms with E-state index < -0.39 is 39.8 Å². The third-order valence-electron chi connectivity index (χ3n) is 4.63. The molecule has 2 aromatic carbocycles. The Morgan fingerprint density at radius 1 is 1.15 bits per heavy atom. The molecule has 0 atom stereocenters. The highest BCUT2D eigenvalue weighted by Gasteiger charge is 2.22. The van der Waals surface area contributed by atoms with E-state index in [9.17, 15) is 26.8 Å². The largest absolute Gasteiger partial charge is 0.493 e. The molecule has 1 amide bonds. The van der Waals surface area contributed by atoms with Crippen LogP contribution in [0.4, 0.5) is 14.5 Å². The molecule has 0 fully saturated rings. The third-order valence-corrected chi connectivity index (χ3v) is 5.41. The van der Waals surface area contributed by atoms with E-state index >= 15 is 0 Å². The van der Waals surface area contributed by atoms with Crippen LogP contribution in [-0.4, -0.2) is 56.9 Å². The average molecular weight is 497 g/mol. The minimum absolute atomic E-state index is 0.142. The lowest BCUT2D eigenvalue weighted by molar-refractivity contribution is -0.116. The third kappa shape index (κ3) is 5.78. The second kappa shape index (κ2) is 10.0. The van der Waals surface area contributed by atoms with E-state index in [-0.39, 0.29) is 29.4 Å². The summed E-state index contributed by atoms with van der Waals surface area (Å²) < 4.78 is 64.9. The maximum absolute atomic E-state index is 12.9. The number of sulfone groups is 1. The minimum Gasteiger partial charge on any atom is -0.493 e. The molecule has 1 N–H and O–H groups in total. The highest BCUT2D eigenvalue weighted by Crippen LogP contribution is 2.35. The van der Waals surface area contributed by atoms with Crippen molar-refractivity contribution in [3.05, 3.63) is 47.8 Å². The first-order valence-electron chi connectivity index (χ1n) is 9.69. The molecule has 0 saturated carbocycles. The second-order valence-corrected chi connectivity index (χ2v) is 9.28. The number of carbonyl (C=O) groups excluding carboxylic acids is 2. The summed E-state index contributed by atoms with van der Waals surface area (Å²) in [6.45, 7) is -3.56. The molecule has 0 spiro atoms. The molecule has 13 heteroatoms. The number of imidazole rings is 1. The SMILES string of the molecule is COC(=O)c1cc(OC)c(OC(F)F)cc1NC(=O)Cn1c(CS(C)(=O)=O)nc2ccccc21. The first-order valence-corrected chi connectivity index (χ1v) is 11.7. The van der Waals surface area contributed by atoms with Crippen LogP contribution in [0, 0.1) is 0 Å². The van der Waals surface area contributed by atoms with Crippen molar-refractivity contribution >= 4 is 38.4 Å². The molecule has 0 unspecified atom stereocenters. The van der Waals surface area contributed by atoms with Crippen LogP contribution in [-0.2, 0) is 31.7 Å². The van der Waals surface area contributed by atoms with E-state index in [4.69, 9.17) is 9.47 Å². The summed E-state index contributed by atoms with van der Waals surface area (Å²) in [6.07, 6.45) is 1.04. The number of methoxy groups -OCH3 is 2. The van der Waals surface area contributed by atoms with Crippen molar-refractivity contribution in [1.82, 2.24) is 9.55 Å². The fraction of sp³-hybridized carbons (Fsp3) is 0.286. The summed E-state index contributed by atoms with van der Waals surface area (Å²) in [5.41, 5.74) is 0.672. The van der Waals surface area contributed by atoms with Crippen molar-refractivity contribution in [3.63, 3.8) is 0 Å². The van der Waals surface area contributed by atoms with Crippen molar-refractivity contribution in [2.45, 2.75) is 18.9 Å². The minimum atomic E-state index is -3.47. The van der Waals surface area contributed by atoms with Crippen LogP contribution >= 0.6 is 0 Å². The second-order valence-electron chi connectivity index (χ2n) is 7.14. The van der Waals surface area contributed by atoms with E-state index in [1.165, 1.54) is 11.7 Å². The Morgan fingerprint density at radius 3 is 2.47 bits per heavy atom. The van der Waals surface area contributed by atoms with Gasteiger partial charge in [0.2, 0.25) is 5.91 Å². The van der Waals surface area contributed by atoms with Crippen molar-refractivity contribution in [1.29, 1.82) is 0 Å². The van der Waals surface area contributed by atoms with Crippen LogP contribution in [0.2, 0.25) is 0 Å². The van der Waals surface area contributed by atoms with Crippen LogP contribution in [0.25, 0.3) is 11.0 Å². The number of ether oxygens (including phenoxy) is 3. The summed E-state index contributed by atoms with van der Waals surface area (Å²) in [7, 11) is -1.16. The summed E-state index contributed by atoms with van der Waals surface area (Å²) in [5.74, 6) is -2.39. The number of fused-ring (bicyclic) bond motifs is 1. The fourth-order valence-corrected chi connectivity index (χ4v) is 3.96. The number of hydrogen-bond acceptors (Lipinski definition) is 8. The Kier molecular flexibility index (Phi) is 7.35. The molecule has 34 heavy (non-hydrogen) atoms. The van der Waals surface area contributed by atoms with Gasteiger partial charge in [-0.25, -0.2) is 18.2 Å². The molecule has 0 aliphatic carbocycles. The van der Waals surface area contributed by atoms with Gasteiger partial charge in [0.25, 0.3) is 0 Å². The molecule has 1 heterocycles. The van der Waals surface area contributed by atoms with Gasteiger partial charge in [0.05, 0.1) is 36.5 Å². The molecule has 1 aromatic heterocycles. The van der Waals surface area contributed by atoms with E-state index in [1.54, 1.807) is 24.3 Å². The number of nitrogens with zero attached hydrogens (tertiary/aromatic N) is 2. The van der Waals surface area contributed by atoms with Crippen LogP contribution in [0.1, 0.15) is 16.2 Å². The first kappa shape index (κ1) is 24.9. The predicted molar refractivity (Wildman–Crippen MR) is 118 cm³/mol. The fourth-order valence-electron chi connectivity index (χ4n) is 3.27. The summed E-state index contributed by atoms with van der Waals surface area (Å²) in [6, 6.07) is 8.87. The Balaban J connectivity index is 1.99. The molecule has 3 aromatic rings. The maximum atomic E-state index is 12.9. The number of aromatic nitrogens is 2. The Bertz CT molecular complexity index is 1340. The Labute approximate surface area is 193 Å². The number of rotatable bonds is 9. The highest BCUT2D eigenvalue weighted by molar-refractivity contribution is 7.89. The number of nitrogens with one attached hydrogen (secondary N) is 1. The number of amides is 1. The van der Waals surface area contributed by atoms with Crippen molar-refractivity contribution < 1.29 is 41.0 Å². The van der Waals surface area contributed by atoms with Gasteiger partial charge in [-0.2, -0.15) is 8.78 Å². The first-order chi connectivity index (χ1) is 16.0. The maximum Gasteiger partial charge on any atom is 0.387 e. The molecule has 0 bridgehead atoms. The summed E-state index contributed by atoms with van der Waals surface area (Å²) in [5, 5.41) is 2.47. The Morgan fingerprint density at radius 2 is 1.85 bits per heavy atom. The number of alkyl halides is 2. The zero-order valence-corrected chi connectivity index (χ0v) is 19.2. The highest BCUT2D eigenvalue weighted by atomic mass is 32.2. The van der Waals surface area contributed by atoms with Gasteiger partial charge in [0.15, 0.2) is 21.3 Å². The van der Waals surface area contributed by atoms with Gasteiger partial charge in [-0.1, -0.05) is 12.1 Å². The Hall–Kier alpha value is -3.74. The summed E-state index contributed by atoms with van der Waals surface area (Å²) >= 11 is 0. The molecule has 3 rings (SSSR count). The molecule has 0 saturated heterocycles. The molecular formula is C21H21F2N3O7S. The van der Waals surface area contributed by atoms with E-state index in [1.807, 2.05) is 0 Å². The zero-order chi connectivity index (χ0) is 25.0. The van der Waals surface area contributed by atoms with Gasteiger partial charge in [0, 0.05) is 18.4 Å². The monoisotopic (exact) mass is 497 g/mol. The molecular weight excluding hydrogens is 476 g/mol. The van der Waals surface area contributed by atoms with Crippen molar-refractivity contribution in [2.24, 2.45) is 0 Å². The number of hydrogen-bond donors (Lipinski definition) is 1. The molecule has 10 nitrogen and oxygen atoms in total. The molecule has 0 aliphatic rings. The van der Waals surface area contributed by atoms with Gasteiger partial charge in [-0.3, -0.25) is 4.79 Å². The zero-order valence-electron chi connectivity index (χ0n) is 18.4. The topological polar surface area (TPSA) is 126 Å². The van der Waals surface area contributed by atoms with Crippen molar-refractivity contribution in [3.8, 4) is 11.5 Å². The number of anilines is 1. The van der Waals surface area contributed by atoms with Gasteiger partial charge in [0.1, 0.15) is 18.1 Å². The number of para-hydroxylation sites is 2. The smallest absolute Gasteiger partial charge is 0.387 e. The van der Waals surface area contributed by atoms with E-state index in [2.05, 4.69) is 15.0 Å². The average Bonchev–Trinajstić information content (AvgIpc) is 3.08. The molecule has 0 aliphatic heterocycles. The van der Waals surface area contributed by atoms with Gasteiger partial charge in [-0.15, -0.1) is 0 Å². The summed E-state index contributed by atoms with van der Waals surface area (Å²) in [4.78, 5) is 29.4. The lowest BCUT2D eigenvalue weighted by Crippen LogP contribution is -2.22. The number of halogens is 2. The van der Waals surface area contributed by atoms with Crippen molar-refractivity contribution in [2.75, 3.05) is 25.8 Å². The number of carbonyl (C=O) groups is 2. The number of benzene rings is 2. The lowest BCUT2D eigenvalue weighted by atomic mass is 10.1. The quantitative estimate of drug-likeness (QED) is 0.447. The van der Waals surface area contributed by atoms with Crippen LogP contribution in [0.5, 0.6) is 11.5 Å². The predicted octanol–water partition coefficient (Wildman–Crippen LogP) is 2.62.